The molecule has 166 valence electrons. The summed E-state index contributed by atoms with van der Waals surface area (Å²) in [4.78, 5) is 22.8. The van der Waals surface area contributed by atoms with Gasteiger partial charge in [-0.2, -0.15) is 0 Å². The van der Waals surface area contributed by atoms with Crippen molar-refractivity contribution < 1.29 is 4.79 Å². The number of benzene rings is 3. The average molecular weight is 453 g/mol. The predicted octanol–water partition coefficient (Wildman–Crippen LogP) is 7.32. The number of aromatic nitrogens is 2. The summed E-state index contributed by atoms with van der Waals surface area (Å²) in [5.41, 5.74) is 8.66. The molecule has 3 aromatic carbocycles. The quantitative estimate of drug-likeness (QED) is 0.175. The van der Waals surface area contributed by atoms with Gasteiger partial charge in [-0.05, 0) is 80.1 Å². The van der Waals surface area contributed by atoms with E-state index in [-0.39, 0.29) is 5.78 Å². The van der Waals surface area contributed by atoms with Crippen molar-refractivity contribution in [3.63, 3.8) is 0 Å². The second kappa shape index (κ2) is 9.72. The van der Waals surface area contributed by atoms with E-state index in [1.165, 1.54) is 28.5 Å². The molecule has 0 saturated heterocycles. The molecule has 0 radical (unpaired) electrons. The maximum atomic E-state index is 13.3. The van der Waals surface area contributed by atoms with Crippen LogP contribution in [0.2, 0.25) is 0 Å². The molecule has 3 nitrogen and oxygen atoms in total. The van der Waals surface area contributed by atoms with Crippen molar-refractivity contribution >= 4 is 40.6 Å². The number of carbonyl (C=O) groups is 1. The zero-order chi connectivity index (χ0) is 23.5. The van der Waals surface area contributed by atoms with Crippen LogP contribution in [0.1, 0.15) is 49.6 Å². The summed E-state index contributed by atoms with van der Waals surface area (Å²) in [6, 6.07) is 18.1. The average Bonchev–Trinajstić information content (AvgIpc) is 2.84. The SMILES string of the molecule is Cc1c(C)c(C)c(C(=O)CSc2nc(/C=C/c3ccccc3)nc3ccccc23)c(C)c1C. The molecule has 4 rings (SSSR count). The second-order valence-electron chi connectivity index (χ2n) is 8.36. The summed E-state index contributed by atoms with van der Waals surface area (Å²) in [7, 11) is 0. The fraction of sp³-hybridized carbons (Fsp3) is 0.207. The Morgan fingerprint density at radius 2 is 1.36 bits per heavy atom. The molecule has 0 aliphatic carbocycles. The van der Waals surface area contributed by atoms with E-state index in [2.05, 4.69) is 34.6 Å². The number of hydrogen-bond acceptors (Lipinski definition) is 4. The highest BCUT2D eigenvalue weighted by Crippen LogP contribution is 2.30. The monoisotopic (exact) mass is 452 g/mol. The van der Waals surface area contributed by atoms with Crippen LogP contribution < -0.4 is 0 Å². The number of hydrogen-bond donors (Lipinski definition) is 0. The number of thioether (sulfide) groups is 1. The minimum absolute atomic E-state index is 0.144. The molecular weight excluding hydrogens is 424 g/mol. The van der Waals surface area contributed by atoms with E-state index >= 15 is 0 Å². The highest BCUT2D eigenvalue weighted by atomic mass is 32.2. The van der Waals surface area contributed by atoms with Gasteiger partial charge in [-0.25, -0.2) is 9.97 Å². The minimum atomic E-state index is 0.144. The van der Waals surface area contributed by atoms with Crippen molar-refractivity contribution in [1.82, 2.24) is 9.97 Å². The zero-order valence-corrected chi connectivity index (χ0v) is 20.6. The highest BCUT2D eigenvalue weighted by Gasteiger charge is 2.19. The van der Waals surface area contributed by atoms with Crippen molar-refractivity contribution in [2.75, 3.05) is 5.75 Å². The third-order valence-corrected chi connectivity index (χ3v) is 7.42. The largest absolute Gasteiger partial charge is 0.293 e. The Balaban J connectivity index is 1.65. The summed E-state index contributed by atoms with van der Waals surface area (Å²) >= 11 is 1.49. The molecule has 4 aromatic rings. The summed E-state index contributed by atoms with van der Waals surface area (Å²) in [5.74, 6) is 1.12. The molecule has 0 amide bonds. The van der Waals surface area contributed by atoms with E-state index in [0.29, 0.717) is 11.6 Å². The standard InChI is InChI=1S/C29H28N2OS/c1-18-19(2)21(4)28(22(5)20(18)3)26(32)17-33-29-24-13-9-10-14-25(24)30-27(31-29)16-15-23-11-7-6-8-12-23/h6-16H,17H2,1-5H3/b16-15+. The third-order valence-electron chi connectivity index (χ3n) is 6.43. The third kappa shape index (κ3) is 4.76. The molecule has 0 saturated carbocycles. The molecule has 0 atom stereocenters. The first-order chi connectivity index (χ1) is 15.9. The van der Waals surface area contributed by atoms with Crippen LogP contribution in [-0.4, -0.2) is 21.5 Å². The van der Waals surface area contributed by atoms with Gasteiger partial charge in [0.15, 0.2) is 11.6 Å². The molecule has 0 aliphatic rings. The highest BCUT2D eigenvalue weighted by molar-refractivity contribution is 8.00. The summed E-state index contributed by atoms with van der Waals surface area (Å²) in [6.45, 7) is 10.4. The molecule has 1 heterocycles. The molecule has 33 heavy (non-hydrogen) atoms. The van der Waals surface area contributed by atoms with Crippen molar-refractivity contribution in [2.45, 2.75) is 39.6 Å². The number of para-hydroxylation sites is 1. The van der Waals surface area contributed by atoms with Gasteiger partial charge in [-0.1, -0.05) is 66.4 Å². The van der Waals surface area contributed by atoms with E-state index in [1.807, 2.05) is 66.7 Å². The molecule has 0 bridgehead atoms. The minimum Gasteiger partial charge on any atom is -0.293 e. The second-order valence-corrected chi connectivity index (χ2v) is 9.32. The van der Waals surface area contributed by atoms with Gasteiger partial charge in [0.1, 0.15) is 5.03 Å². The number of rotatable bonds is 6. The van der Waals surface area contributed by atoms with Crippen LogP contribution in [-0.2, 0) is 0 Å². The van der Waals surface area contributed by atoms with Crippen LogP contribution in [0, 0.1) is 34.6 Å². The van der Waals surface area contributed by atoms with E-state index < -0.39 is 0 Å². The molecular formula is C29H28N2OS. The Labute approximate surface area is 200 Å². The van der Waals surface area contributed by atoms with Crippen molar-refractivity contribution in [3.05, 3.63) is 99.4 Å². The Bertz CT molecular complexity index is 1340. The van der Waals surface area contributed by atoms with Gasteiger partial charge in [-0.3, -0.25) is 4.79 Å². The predicted molar refractivity (Wildman–Crippen MR) is 140 cm³/mol. The number of fused-ring (bicyclic) bond motifs is 1. The lowest BCUT2D eigenvalue weighted by Crippen LogP contribution is -2.11. The Hall–Kier alpha value is -3.24. The van der Waals surface area contributed by atoms with Crippen molar-refractivity contribution in [1.29, 1.82) is 0 Å². The van der Waals surface area contributed by atoms with Gasteiger partial charge in [0.05, 0.1) is 11.3 Å². The topological polar surface area (TPSA) is 42.9 Å². The van der Waals surface area contributed by atoms with Gasteiger partial charge in [0.25, 0.3) is 0 Å². The summed E-state index contributed by atoms with van der Waals surface area (Å²) in [5, 5.41) is 1.80. The number of carbonyl (C=O) groups excluding carboxylic acids is 1. The van der Waals surface area contributed by atoms with Gasteiger partial charge < -0.3 is 0 Å². The molecule has 4 heteroatoms. The van der Waals surface area contributed by atoms with Crippen molar-refractivity contribution in [2.24, 2.45) is 0 Å². The Kier molecular flexibility index (Phi) is 6.75. The van der Waals surface area contributed by atoms with Crippen LogP contribution in [0.5, 0.6) is 0 Å². The molecule has 0 unspecified atom stereocenters. The van der Waals surface area contributed by atoms with Crippen LogP contribution in [0.25, 0.3) is 23.1 Å². The van der Waals surface area contributed by atoms with Gasteiger partial charge in [-0.15, -0.1) is 0 Å². The Morgan fingerprint density at radius 1 is 0.758 bits per heavy atom. The first kappa shape index (κ1) is 22.9. The maximum absolute atomic E-state index is 13.3. The van der Waals surface area contributed by atoms with Crippen molar-refractivity contribution in [3.8, 4) is 0 Å². The van der Waals surface area contributed by atoms with E-state index in [9.17, 15) is 4.79 Å². The lowest BCUT2D eigenvalue weighted by atomic mass is 9.88. The van der Waals surface area contributed by atoms with Crippen LogP contribution in [0.4, 0.5) is 0 Å². The van der Waals surface area contributed by atoms with E-state index in [4.69, 9.17) is 9.97 Å². The maximum Gasteiger partial charge on any atom is 0.173 e. The molecule has 0 spiro atoms. The van der Waals surface area contributed by atoms with E-state index in [1.54, 1.807) is 0 Å². The van der Waals surface area contributed by atoms with Gasteiger partial charge in [0, 0.05) is 10.9 Å². The van der Waals surface area contributed by atoms with Gasteiger partial charge >= 0.3 is 0 Å². The fourth-order valence-electron chi connectivity index (χ4n) is 4.11. The normalized spacial score (nSPS) is 11.4. The molecule has 0 fully saturated rings. The van der Waals surface area contributed by atoms with Gasteiger partial charge in [0.2, 0.25) is 0 Å². The lowest BCUT2D eigenvalue weighted by molar-refractivity contribution is 0.102. The summed E-state index contributed by atoms with van der Waals surface area (Å²) < 4.78 is 0. The van der Waals surface area contributed by atoms with Crippen LogP contribution >= 0.6 is 11.8 Å². The smallest absolute Gasteiger partial charge is 0.173 e. The zero-order valence-electron chi connectivity index (χ0n) is 19.8. The Morgan fingerprint density at radius 3 is 2.06 bits per heavy atom. The van der Waals surface area contributed by atoms with E-state index in [0.717, 1.165) is 38.2 Å². The molecule has 0 N–H and O–H groups in total. The first-order valence-corrected chi connectivity index (χ1v) is 12.1. The number of Topliss-reactive ketones (excluding diaryl/α,β-unsaturated/α-hetero) is 1. The van der Waals surface area contributed by atoms with Crippen LogP contribution in [0.3, 0.4) is 0 Å². The summed E-state index contributed by atoms with van der Waals surface area (Å²) in [6.07, 6.45) is 3.93. The number of nitrogens with zero attached hydrogens (tertiary/aromatic N) is 2. The number of ketones is 1. The molecule has 0 aliphatic heterocycles. The van der Waals surface area contributed by atoms with Crippen LogP contribution in [0.15, 0.2) is 59.6 Å². The molecule has 1 aromatic heterocycles. The first-order valence-electron chi connectivity index (χ1n) is 11.1. The fourth-order valence-corrected chi connectivity index (χ4v) is 5.01. The lowest BCUT2D eigenvalue weighted by Gasteiger charge is -2.17.